The molecule has 0 unspecified atom stereocenters. The van der Waals surface area contributed by atoms with E-state index in [0.717, 1.165) is 12.8 Å². The van der Waals surface area contributed by atoms with Gasteiger partial charge in [-0.3, -0.25) is 4.98 Å². The van der Waals surface area contributed by atoms with Crippen molar-refractivity contribution in [3.05, 3.63) is 54.1 Å². The maximum Gasteiger partial charge on any atom is 0.273 e. The van der Waals surface area contributed by atoms with Gasteiger partial charge >= 0.3 is 0 Å². The van der Waals surface area contributed by atoms with E-state index in [9.17, 15) is 0 Å². The molecule has 0 saturated carbocycles. The minimum absolute atomic E-state index is 0.411. The van der Waals surface area contributed by atoms with Crippen LogP contribution < -0.4 is 5.73 Å². The molecule has 0 atom stereocenters. The van der Waals surface area contributed by atoms with Crippen molar-refractivity contribution in [3.8, 4) is 11.8 Å². The second kappa shape index (κ2) is 6.26. The minimum atomic E-state index is 0.411. The standard InChI is InChI=1S/C14H13N3O/c15-8-7-13-11-18-14(17-13)6-2-1-4-12-5-3-9-16-10-12/h3,5,7-11H,1,4,15H2/b8-7+. The van der Waals surface area contributed by atoms with Gasteiger partial charge in [-0.15, -0.1) is 0 Å². The van der Waals surface area contributed by atoms with E-state index in [1.54, 1.807) is 12.3 Å². The molecule has 0 aliphatic carbocycles. The molecule has 0 aromatic carbocycles. The van der Waals surface area contributed by atoms with Crippen LogP contribution in [0.3, 0.4) is 0 Å². The number of oxazole rings is 1. The Kier molecular flexibility index (Phi) is 4.15. The summed E-state index contributed by atoms with van der Waals surface area (Å²) in [6.45, 7) is 0. The summed E-state index contributed by atoms with van der Waals surface area (Å²) >= 11 is 0. The average Bonchev–Trinajstić information content (AvgIpc) is 2.84. The average molecular weight is 239 g/mol. The summed E-state index contributed by atoms with van der Waals surface area (Å²) in [5.41, 5.74) is 7.10. The highest BCUT2D eigenvalue weighted by Crippen LogP contribution is 2.03. The third-order valence-electron chi connectivity index (χ3n) is 2.25. The highest BCUT2D eigenvalue weighted by molar-refractivity contribution is 5.42. The Bertz CT molecular complexity index is 576. The molecule has 0 aliphatic rings. The first-order valence-electron chi connectivity index (χ1n) is 5.60. The highest BCUT2D eigenvalue weighted by atomic mass is 16.3. The first-order chi connectivity index (χ1) is 8.88. The molecule has 2 heterocycles. The smallest absolute Gasteiger partial charge is 0.273 e. The molecule has 2 N–H and O–H groups in total. The fraction of sp³-hybridized carbons (Fsp3) is 0.143. The summed E-state index contributed by atoms with van der Waals surface area (Å²) < 4.78 is 5.17. The summed E-state index contributed by atoms with van der Waals surface area (Å²) in [4.78, 5) is 8.17. The van der Waals surface area contributed by atoms with E-state index in [2.05, 4.69) is 21.8 Å². The lowest BCUT2D eigenvalue weighted by Crippen LogP contribution is -1.84. The lowest BCUT2D eigenvalue weighted by atomic mass is 10.2. The number of hydrogen-bond acceptors (Lipinski definition) is 4. The summed E-state index contributed by atoms with van der Waals surface area (Å²) in [5, 5.41) is 0. The normalized spacial score (nSPS) is 10.2. The van der Waals surface area contributed by atoms with Crippen molar-refractivity contribution in [2.45, 2.75) is 12.8 Å². The third kappa shape index (κ3) is 3.49. The first kappa shape index (κ1) is 11.9. The van der Waals surface area contributed by atoms with E-state index >= 15 is 0 Å². The van der Waals surface area contributed by atoms with Crippen LogP contribution in [0.4, 0.5) is 0 Å². The van der Waals surface area contributed by atoms with Crippen LogP contribution >= 0.6 is 0 Å². The maximum atomic E-state index is 5.25. The Hall–Kier alpha value is -2.54. The zero-order valence-corrected chi connectivity index (χ0v) is 9.84. The molecule has 0 spiro atoms. The van der Waals surface area contributed by atoms with Gasteiger partial charge in [0.2, 0.25) is 0 Å². The SMILES string of the molecule is N/C=C/c1coc(C#CCCc2cccnc2)n1. The monoisotopic (exact) mass is 239 g/mol. The van der Waals surface area contributed by atoms with Crippen LogP contribution in [0.25, 0.3) is 6.08 Å². The van der Waals surface area contributed by atoms with Gasteiger partial charge in [0.15, 0.2) is 0 Å². The van der Waals surface area contributed by atoms with Gasteiger partial charge in [-0.2, -0.15) is 0 Å². The Morgan fingerprint density at radius 3 is 3.17 bits per heavy atom. The van der Waals surface area contributed by atoms with Crippen molar-refractivity contribution in [1.82, 2.24) is 9.97 Å². The van der Waals surface area contributed by atoms with Crippen LogP contribution in [0.5, 0.6) is 0 Å². The second-order valence-electron chi connectivity index (χ2n) is 3.60. The predicted octanol–water partition coefficient (Wildman–Crippen LogP) is 1.98. The molecule has 0 radical (unpaired) electrons. The van der Waals surface area contributed by atoms with Crippen LogP contribution in [0.15, 0.2) is 41.4 Å². The van der Waals surface area contributed by atoms with Crippen LogP contribution in [0.2, 0.25) is 0 Å². The molecular weight excluding hydrogens is 226 g/mol. The van der Waals surface area contributed by atoms with Gasteiger partial charge in [0, 0.05) is 18.8 Å². The van der Waals surface area contributed by atoms with E-state index in [4.69, 9.17) is 10.2 Å². The van der Waals surface area contributed by atoms with E-state index in [-0.39, 0.29) is 0 Å². The predicted molar refractivity (Wildman–Crippen MR) is 69.2 cm³/mol. The van der Waals surface area contributed by atoms with Crippen LogP contribution in [-0.2, 0) is 6.42 Å². The number of hydrogen-bond donors (Lipinski definition) is 1. The molecule has 0 aliphatic heterocycles. The largest absolute Gasteiger partial charge is 0.438 e. The molecule has 2 rings (SSSR count). The number of nitrogens with two attached hydrogens (primary N) is 1. The quantitative estimate of drug-likeness (QED) is 0.832. The van der Waals surface area contributed by atoms with Crippen LogP contribution in [-0.4, -0.2) is 9.97 Å². The van der Waals surface area contributed by atoms with Gasteiger partial charge < -0.3 is 10.2 Å². The zero-order valence-electron chi connectivity index (χ0n) is 9.84. The molecule has 4 heteroatoms. The van der Waals surface area contributed by atoms with Crippen LogP contribution in [0.1, 0.15) is 23.6 Å². The Morgan fingerprint density at radius 2 is 2.39 bits per heavy atom. The van der Waals surface area contributed by atoms with Crippen LogP contribution in [0, 0.1) is 11.8 Å². The molecule has 90 valence electrons. The number of aryl methyl sites for hydroxylation is 1. The van der Waals surface area contributed by atoms with Gasteiger partial charge in [-0.05, 0) is 36.2 Å². The molecule has 0 amide bonds. The minimum Gasteiger partial charge on any atom is -0.438 e. The van der Waals surface area contributed by atoms with Crippen molar-refractivity contribution in [3.63, 3.8) is 0 Å². The van der Waals surface area contributed by atoms with E-state index in [0.29, 0.717) is 11.6 Å². The molecular formula is C14H13N3O. The van der Waals surface area contributed by atoms with Gasteiger partial charge in [-0.25, -0.2) is 4.98 Å². The second-order valence-corrected chi connectivity index (χ2v) is 3.60. The van der Waals surface area contributed by atoms with Gasteiger partial charge in [-0.1, -0.05) is 12.0 Å². The maximum absolute atomic E-state index is 5.25. The molecule has 0 bridgehead atoms. The van der Waals surface area contributed by atoms with Gasteiger partial charge in [0.25, 0.3) is 5.89 Å². The molecule has 2 aromatic heterocycles. The van der Waals surface area contributed by atoms with E-state index < -0.39 is 0 Å². The molecule has 4 nitrogen and oxygen atoms in total. The molecule has 18 heavy (non-hydrogen) atoms. The van der Waals surface area contributed by atoms with Crippen molar-refractivity contribution < 1.29 is 4.42 Å². The Balaban J connectivity index is 1.88. The number of pyridine rings is 1. The highest BCUT2D eigenvalue weighted by Gasteiger charge is 1.96. The summed E-state index contributed by atoms with van der Waals surface area (Å²) in [7, 11) is 0. The van der Waals surface area contributed by atoms with Gasteiger partial charge in [0.1, 0.15) is 12.0 Å². The van der Waals surface area contributed by atoms with E-state index in [1.165, 1.54) is 18.0 Å². The Labute approximate surface area is 106 Å². The lowest BCUT2D eigenvalue weighted by Gasteiger charge is -1.93. The zero-order chi connectivity index (χ0) is 12.6. The Morgan fingerprint density at radius 1 is 1.44 bits per heavy atom. The van der Waals surface area contributed by atoms with Crippen molar-refractivity contribution in [2.75, 3.05) is 0 Å². The van der Waals surface area contributed by atoms with E-state index in [1.807, 2.05) is 18.3 Å². The number of nitrogens with zero attached hydrogens (tertiary/aromatic N) is 2. The van der Waals surface area contributed by atoms with Crippen molar-refractivity contribution >= 4 is 6.08 Å². The third-order valence-corrected chi connectivity index (χ3v) is 2.25. The molecule has 2 aromatic rings. The number of rotatable bonds is 3. The fourth-order valence-electron chi connectivity index (χ4n) is 1.41. The summed E-state index contributed by atoms with van der Waals surface area (Å²) in [6, 6.07) is 3.95. The topological polar surface area (TPSA) is 64.9 Å². The first-order valence-corrected chi connectivity index (χ1v) is 5.60. The summed E-state index contributed by atoms with van der Waals surface area (Å²) in [5.74, 6) is 6.30. The summed E-state index contributed by atoms with van der Waals surface area (Å²) in [6.07, 6.45) is 9.81. The fourth-order valence-corrected chi connectivity index (χ4v) is 1.41. The number of aromatic nitrogens is 2. The van der Waals surface area contributed by atoms with Crippen molar-refractivity contribution in [2.24, 2.45) is 5.73 Å². The molecule has 0 fully saturated rings. The lowest BCUT2D eigenvalue weighted by molar-refractivity contribution is 0.543. The van der Waals surface area contributed by atoms with Crippen molar-refractivity contribution in [1.29, 1.82) is 0 Å². The molecule has 0 saturated heterocycles. The van der Waals surface area contributed by atoms with Gasteiger partial charge in [0.05, 0.1) is 0 Å².